The van der Waals surface area contributed by atoms with E-state index in [4.69, 9.17) is 15.2 Å². The second kappa shape index (κ2) is 6.60. The molecule has 2 aromatic carbocycles. The molecule has 6 heteroatoms. The molecule has 2 aromatic rings. The van der Waals surface area contributed by atoms with Crippen molar-refractivity contribution in [3.05, 3.63) is 48.3 Å². The lowest BCUT2D eigenvalue weighted by Gasteiger charge is -2.09. The predicted molar refractivity (Wildman–Crippen MR) is 77.9 cm³/mol. The van der Waals surface area contributed by atoms with E-state index in [0.717, 1.165) is 0 Å². The van der Waals surface area contributed by atoms with Crippen LogP contribution in [0.1, 0.15) is 0 Å². The molecule has 110 valence electrons. The number of anilines is 2. The molecule has 2 rings (SSSR count). The number of nitrogens with one attached hydrogen (secondary N) is 1. The Bertz CT molecular complexity index is 629. The van der Waals surface area contributed by atoms with Crippen molar-refractivity contribution in [3.8, 4) is 11.5 Å². The smallest absolute Gasteiger partial charge is 0.262 e. The van der Waals surface area contributed by atoms with Crippen molar-refractivity contribution in [1.82, 2.24) is 0 Å². The number of ether oxygens (including phenoxy) is 2. The summed E-state index contributed by atoms with van der Waals surface area (Å²) in [5.74, 6) is -0.294. The number of methoxy groups -OCH3 is 1. The van der Waals surface area contributed by atoms with Gasteiger partial charge < -0.3 is 20.5 Å². The molecule has 0 bridgehead atoms. The summed E-state index contributed by atoms with van der Waals surface area (Å²) in [4.78, 5) is 11.7. The molecule has 5 nitrogen and oxygen atoms in total. The van der Waals surface area contributed by atoms with Crippen molar-refractivity contribution >= 4 is 17.3 Å². The third-order valence-electron chi connectivity index (χ3n) is 2.69. The average Bonchev–Trinajstić information content (AvgIpc) is 2.47. The lowest BCUT2D eigenvalue weighted by Crippen LogP contribution is -2.20. The number of hydrogen-bond donors (Lipinski definition) is 2. The van der Waals surface area contributed by atoms with Gasteiger partial charge in [0.2, 0.25) is 0 Å². The summed E-state index contributed by atoms with van der Waals surface area (Å²) in [6.07, 6.45) is 0. The highest BCUT2D eigenvalue weighted by Crippen LogP contribution is 2.20. The first kappa shape index (κ1) is 14.6. The summed E-state index contributed by atoms with van der Waals surface area (Å²) >= 11 is 0. The van der Waals surface area contributed by atoms with Crippen molar-refractivity contribution < 1.29 is 18.7 Å². The van der Waals surface area contributed by atoms with Gasteiger partial charge in [-0.3, -0.25) is 4.79 Å². The number of nitrogens with two attached hydrogens (primary N) is 1. The summed E-state index contributed by atoms with van der Waals surface area (Å²) in [5, 5.41) is 2.53. The van der Waals surface area contributed by atoms with Crippen LogP contribution in [0.3, 0.4) is 0 Å². The van der Waals surface area contributed by atoms with Gasteiger partial charge in [-0.25, -0.2) is 4.39 Å². The highest BCUT2D eigenvalue weighted by molar-refractivity contribution is 5.91. The number of hydrogen-bond acceptors (Lipinski definition) is 4. The van der Waals surface area contributed by atoms with Gasteiger partial charge in [-0.15, -0.1) is 0 Å². The molecule has 21 heavy (non-hydrogen) atoms. The normalized spacial score (nSPS) is 10.0. The third kappa shape index (κ3) is 4.10. The summed E-state index contributed by atoms with van der Waals surface area (Å²) in [6.45, 7) is -0.183. The van der Waals surface area contributed by atoms with Crippen molar-refractivity contribution in [2.45, 2.75) is 0 Å². The number of amides is 1. The fourth-order valence-electron chi connectivity index (χ4n) is 1.65. The van der Waals surface area contributed by atoms with E-state index in [0.29, 0.717) is 17.1 Å². The minimum Gasteiger partial charge on any atom is -0.494 e. The van der Waals surface area contributed by atoms with Gasteiger partial charge in [0.25, 0.3) is 5.91 Å². The number of rotatable bonds is 5. The van der Waals surface area contributed by atoms with E-state index < -0.39 is 11.7 Å². The second-order valence-electron chi connectivity index (χ2n) is 4.26. The maximum atomic E-state index is 13.5. The van der Waals surface area contributed by atoms with Gasteiger partial charge in [0.1, 0.15) is 5.75 Å². The Morgan fingerprint density at radius 3 is 2.57 bits per heavy atom. The molecule has 0 fully saturated rings. The number of carbonyl (C=O) groups excluding carboxylic acids is 1. The number of benzene rings is 2. The maximum absolute atomic E-state index is 13.5. The predicted octanol–water partition coefficient (Wildman–Crippen LogP) is 2.43. The van der Waals surface area contributed by atoms with Gasteiger partial charge >= 0.3 is 0 Å². The standard InChI is InChI=1S/C15H15FN2O3/c1-20-14-7-4-11(8-13(14)16)18-15(19)9-21-12-5-2-10(17)3-6-12/h2-8H,9,17H2,1H3,(H,18,19). The van der Waals surface area contributed by atoms with Crippen LogP contribution in [0.4, 0.5) is 15.8 Å². The average molecular weight is 290 g/mol. The van der Waals surface area contributed by atoms with Gasteiger partial charge in [0.05, 0.1) is 7.11 Å². The van der Waals surface area contributed by atoms with Crippen LogP contribution in [0.25, 0.3) is 0 Å². The van der Waals surface area contributed by atoms with Crippen molar-refractivity contribution in [2.75, 3.05) is 24.8 Å². The zero-order chi connectivity index (χ0) is 15.2. The van der Waals surface area contributed by atoms with Crippen LogP contribution in [0.2, 0.25) is 0 Å². The SMILES string of the molecule is COc1ccc(NC(=O)COc2ccc(N)cc2)cc1F. The van der Waals surface area contributed by atoms with Crippen molar-refractivity contribution in [3.63, 3.8) is 0 Å². The monoisotopic (exact) mass is 290 g/mol. The molecule has 0 heterocycles. The van der Waals surface area contributed by atoms with Gasteiger partial charge in [-0.1, -0.05) is 0 Å². The minimum absolute atomic E-state index is 0.117. The number of nitrogen functional groups attached to an aromatic ring is 1. The molecule has 0 aliphatic carbocycles. The molecule has 0 aromatic heterocycles. The van der Waals surface area contributed by atoms with E-state index in [9.17, 15) is 9.18 Å². The van der Waals surface area contributed by atoms with E-state index >= 15 is 0 Å². The summed E-state index contributed by atoms with van der Waals surface area (Å²) in [6, 6.07) is 10.8. The summed E-state index contributed by atoms with van der Waals surface area (Å²) in [7, 11) is 1.37. The van der Waals surface area contributed by atoms with Gasteiger partial charge in [0.15, 0.2) is 18.2 Å². The molecule has 0 aliphatic heterocycles. The van der Waals surface area contributed by atoms with E-state index in [1.165, 1.54) is 19.2 Å². The Hall–Kier alpha value is -2.76. The Morgan fingerprint density at radius 1 is 1.24 bits per heavy atom. The Balaban J connectivity index is 1.89. The second-order valence-corrected chi connectivity index (χ2v) is 4.26. The van der Waals surface area contributed by atoms with Crippen LogP contribution in [-0.2, 0) is 4.79 Å². The molecule has 0 radical (unpaired) electrons. The lowest BCUT2D eigenvalue weighted by molar-refractivity contribution is -0.118. The molecule has 0 saturated carbocycles. The highest BCUT2D eigenvalue weighted by Gasteiger charge is 2.07. The first-order valence-electron chi connectivity index (χ1n) is 6.20. The van der Waals surface area contributed by atoms with Crippen LogP contribution >= 0.6 is 0 Å². The van der Waals surface area contributed by atoms with Gasteiger partial charge in [-0.2, -0.15) is 0 Å². The molecular weight excluding hydrogens is 275 g/mol. The molecule has 0 saturated heterocycles. The fourth-order valence-corrected chi connectivity index (χ4v) is 1.65. The molecule has 0 spiro atoms. The zero-order valence-electron chi connectivity index (χ0n) is 11.4. The first-order chi connectivity index (χ1) is 10.1. The first-order valence-corrected chi connectivity index (χ1v) is 6.20. The van der Waals surface area contributed by atoms with E-state index in [1.807, 2.05) is 0 Å². The third-order valence-corrected chi connectivity index (χ3v) is 2.69. The summed E-state index contributed by atoms with van der Waals surface area (Å²) in [5.41, 5.74) is 6.49. The quantitative estimate of drug-likeness (QED) is 0.829. The molecule has 1 amide bonds. The lowest BCUT2D eigenvalue weighted by atomic mass is 10.3. The summed E-state index contributed by atoms with van der Waals surface area (Å²) < 4.78 is 23.6. The fraction of sp³-hybridized carbons (Fsp3) is 0.133. The topological polar surface area (TPSA) is 73.6 Å². The van der Waals surface area contributed by atoms with Crippen LogP contribution in [0.5, 0.6) is 11.5 Å². The largest absolute Gasteiger partial charge is 0.494 e. The molecule has 0 atom stereocenters. The molecule has 3 N–H and O–H groups in total. The minimum atomic E-state index is -0.547. The van der Waals surface area contributed by atoms with E-state index in [-0.39, 0.29) is 12.4 Å². The van der Waals surface area contributed by atoms with Gasteiger partial charge in [0, 0.05) is 17.4 Å². The molecule has 0 unspecified atom stereocenters. The van der Waals surface area contributed by atoms with E-state index in [1.54, 1.807) is 30.3 Å². The molecule has 0 aliphatic rings. The number of halogens is 1. The Morgan fingerprint density at radius 2 is 1.95 bits per heavy atom. The number of carbonyl (C=O) groups is 1. The maximum Gasteiger partial charge on any atom is 0.262 e. The van der Waals surface area contributed by atoms with Gasteiger partial charge in [-0.05, 0) is 36.4 Å². The Labute approximate surface area is 121 Å². The Kier molecular flexibility index (Phi) is 4.61. The zero-order valence-corrected chi connectivity index (χ0v) is 11.4. The van der Waals surface area contributed by atoms with E-state index in [2.05, 4.69) is 5.32 Å². The van der Waals surface area contributed by atoms with Crippen molar-refractivity contribution in [1.29, 1.82) is 0 Å². The van der Waals surface area contributed by atoms with Crippen LogP contribution in [0, 0.1) is 5.82 Å². The van der Waals surface area contributed by atoms with Crippen molar-refractivity contribution in [2.24, 2.45) is 0 Å². The molecular formula is C15H15FN2O3. The van der Waals surface area contributed by atoms with Crippen LogP contribution in [0.15, 0.2) is 42.5 Å². The van der Waals surface area contributed by atoms with Crippen LogP contribution < -0.4 is 20.5 Å². The van der Waals surface area contributed by atoms with Crippen LogP contribution in [-0.4, -0.2) is 19.6 Å². The highest BCUT2D eigenvalue weighted by atomic mass is 19.1.